The van der Waals surface area contributed by atoms with Gasteiger partial charge in [0.15, 0.2) is 7.49 Å². The van der Waals surface area contributed by atoms with E-state index < -0.39 is 7.49 Å². The van der Waals surface area contributed by atoms with Crippen molar-refractivity contribution in [2.75, 3.05) is 13.3 Å². The normalized spacial score (nSPS) is 11.9. The highest BCUT2D eigenvalue weighted by Crippen LogP contribution is 2.43. The molecule has 0 aromatic carbocycles. The summed E-state index contributed by atoms with van der Waals surface area (Å²) in [4.78, 5) is 9.43. The second-order valence-electron chi connectivity index (χ2n) is 2.25. The van der Waals surface area contributed by atoms with E-state index in [-0.39, 0.29) is 0 Å². The number of rotatable bonds is 1. The Kier molecular flexibility index (Phi) is 1.85. The van der Waals surface area contributed by atoms with Crippen LogP contribution in [0.2, 0.25) is 0 Å². The molecule has 0 radical (unpaired) electrons. The van der Waals surface area contributed by atoms with E-state index >= 15 is 0 Å². The third-order valence-corrected chi connectivity index (χ3v) is 3.05. The van der Waals surface area contributed by atoms with E-state index in [1.807, 2.05) is 24.8 Å². The largest absolute Gasteiger partial charge is 0.245 e. The first-order valence-corrected chi connectivity index (χ1v) is 6.05. The first kappa shape index (κ1) is 7.13. The van der Waals surface area contributed by atoms with Gasteiger partial charge in [0.2, 0.25) is 5.44 Å². The second kappa shape index (κ2) is 2.33. The molecule has 9 heavy (non-hydrogen) atoms. The van der Waals surface area contributed by atoms with Crippen molar-refractivity contribution in [2.45, 2.75) is 0 Å². The number of aromatic nitrogens is 1. The van der Waals surface area contributed by atoms with Crippen LogP contribution >= 0.6 is 19.0 Å². The third kappa shape index (κ3) is 1.71. The lowest BCUT2D eigenvalue weighted by Gasteiger charge is -2.01. The minimum atomic E-state index is -1.82. The molecule has 1 aromatic rings. The highest BCUT2D eigenvalue weighted by Gasteiger charge is 2.26. The maximum absolute atomic E-state index is 9.43. The summed E-state index contributed by atoms with van der Waals surface area (Å²) < 4.78 is 4.03. The van der Waals surface area contributed by atoms with Gasteiger partial charge in [-0.1, -0.05) is 0 Å². The molecule has 1 rings (SSSR count). The van der Waals surface area contributed by atoms with Crippen LogP contribution in [-0.4, -0.2) is 22.6 Å². The molecule has 0 aliphatic carbocycles. The van der Waals surface area contributed by atoms with E-state index in [1.54, 1.807) is 0 Å². The molecule has 1 N–H and O–H groups in total. The summed E-state index contributed by atoms with van der Waals surface area (Å²) in [5.74, 6) is 0. The summed E-state index contributed by atoms with van der Waals surface area (Å²) in [5, 5.41) is 1.88. The Morgan fingerprint density at radius 3 is 2.56 bits per heavy atom. The Bertz CT molecular complexity index is 179. The Labute approximate surface area is 59.1 Å². The Morgan fingerprint density at radius 2 is 2.33 bits per heavy atom. The van der Waals surface area contributed by atoms with E-state index in [9.17, 15) is 4.89 Å². The molecule has 0 fully saturated rings. The van der Waals surface area contributed by atoms with Crippen LogP contribution in [-0.2, 0) is 0 Å². The molecule has 0 unspecified atom stereocenters. The molecule has 4 heteroatoms. The van der Waals surface area contributed by atoms with E-state index in [4.69, 9.17) is 0 Å². The zero-order valence-electron chi connectivity index (χ0n) is 5.40. The standard InChI is InChI=1S/C5H9NOPS/c1-8(2,7)5-3-4-9-6-5/h3-4,7H,1-2H3/q+1. The third-order valence-electron chi connectivity index (χ3n) is 0.985. The average molecular weight is 162 g/mol. The minimum absolute atomic E-state index is 0.854. The molecular formula is C5H9NOPS+. The van der Waals surface area contributed by atoms with Gasteiger partial charge in [-0.05, 0) is 11.5 Å². The zero-order chi connectivity index (χ0) is 6.91. The summed E-state index contributed by atoms with van der Waals surface area (Å²) in [6.07, 6.45) is 0. The topological polar surface area (TPSA) is 33.1 Å². The van der Waals surface area contributed by atoms with Gasteiger partial charge in [-0.25, -0.2) is 4.89 Å². The van der Waals surface area contributed by atoms with Crippen molar-refractivity contribution >= 4 is 24.5 Å². The van der Waals surface area contributed by atoms with Crippen LogP contribution in [0.1, 0.15) is 0 Å². The second-order valence-corrected chi connectivity index (χ2v) is 6.16. The van der Waals surface area contributed by atoms with Gasteiger partial charge >= 0.3 is 0 Å². The van der Waals surface area contributed by atoms with Gasteiger partial charge in [0, 0.05) is 11.4 Å². The van der Waals surface area contributed by atoms with Crippen molar-refractivity contribution < 1.29 is 4.89 Å². The minimum Gasteiger partial charge on any atom is -0.245 e. The summed E-state index contributed by atoms with van der Waals surface area (Å²) in [5.41, 5.74) is 0.854. The first-order valence-electron chi connectivity index (χ1n) is 2.58. The summed E-state index contributed by atoms with van der Waals surface area (Å²) >= 11 is 1.38. The zero-order valence-corrected chi connectivity index (χ0v) is 7.12. The van der Waals surface area contributed by atoms with E-state index in [0.717, 1.165) is 5.44 Å². The van der Waals surface area contributed by atoms with Gasteiger partial charge in [-0.15, -0.1) is 0 Å². The van der Waals surface area contributed by atoms with Crippen LogP contribution < -0.4 is 5.44 Å². The molecule has 2 nitrogen and oxygen atoms in total. The Balaban J connectivity index is 2.90. The van der Waals surface area contributed by atoms with Crippen molar-refractivity contribution in [3.63, 3.8) is 0 Å². The van der Waals surface area contributed by atoms with Crippen molar-refractivity contribution in [2.24, 2.45) is 0 Å². The number of hydrogen-bond donors (Lipinski definition) is 1. The quantitative estimate of drug-likeness (QED) is 0.624. The monoisotopic (exact) mass is 162 g/mol. The van der Waals surface area contributed by atoms with Crippen LogP contribution in [0, 0.1) is 0 Å². The molecule has 0 spiro atoms. The first-order chi connectivity index (χ1) is 4.11. The van der Waals surface area contributed by atoms with Gasteiger partial charge in [0.05, 0.1) is 13.3 Å². The van der Waals surface area contributed by atoms with Gasteiger partial charge in [-0.3, -0.25) is 0 Å². The van der Waals surface area contributed by atoms with Crippen LogP contribution in [0.15, 0.2) is 11.4 Å². The van der Waals surface area contributed by atoms with Crippen LogP contribution in [0.4, 0.5) is 0 Å². The molecule has 0 amide bonds. The summed E-state index contributed by atoms with van der Waals surface area (Å²) in [6.45, 7) is 3.67. The summed E-state index contributed by atoms with van der Waals surface area (Å²) in [7, 11) is -1.82. The van der Waals surface area contributed by atoms with Gasteiger partial charge in [-0.2, -0.15) is 4.37 Å². The van der Waals surface area contributed by atoms with E-state index in [0.29, 0.717) is 0 Å². The molecule has 0 aliphatic rings. The molecule has 0 saturated carbocycles. The van der Waals surface area contributed by atoms with Crippen LogP contribution in [0.5, 0.6) is 0 Å². The number of nitrogens with zero attached hydrogens (tertiary/aromatic N) is 1. The summed E-state index contributed by atoms with van der Waals surface area (Å²) in [6, 6.07) is 1.87. The SMILES string of the molecule is C[P+](C)(O)c1ccsn1. The van der Waals surface area contributed by atoms with Crippen molar-refractivity contribution in [1.82, 2.24) is 4.37 Å². The van der Waals surface area contributed by atoms with Gasteiger partial charge in [0.1, 0.15) is 0 Å². The van der Waals surface area contributed by atoms with Crippen LogP contribution in [0.25, 0.3) is 0 Å². The lowest BCUT2D eigenvalue weighted by molar-refractivity contribution is 0.624. The van der Waals surface area contributed by atoms with Gasteiger partial charge in [0.25, 0.3) is 0 Å². The molecule has 0 bridgehead atoms. The van der Waals surface area contributed by atoms with E-state index in [1.165, 1.54) is 11.5 Å². The molecule has 1 aromatic heterocycles. The smallest absolute Gasteiger partial charge is 0.222 e. The van der Waals surface area contributed by atoms with Crippen LogP contribution in [0.3, 0.4) is 0 Å². The lowest BCUT2D eigenvalue weighted by atomic mass is 10.8. The molecule has 0 saturated heterocycles. The lowest BCUT2D eigenvalue weighted by Crippen LogP contribution is -2.07. The number of hydrogen-bond acceptors (Lipinski definition) is 3. The predicted molar refractivity (Wildman–Crippen MR) is 42.7 cm³/mol. The average Bonchev–Trinajstić information content (AvgIpc) is 2.08. The predicted octanol–water partition coefficient (Wildman–Crippen LogP) is 0.953. The molecule has 50 valence electrons. The van der Waals surface area contributed by atoms with Crippen molar-refractivity contribution in [3.05, 3.63) is 11.4 Å². The molecular weight excluding hydrogens is 153 g/mol. The van der Waals surface area contributed by atoms with E-state index in [2.05, 4.69) is 4.37 Å². The van der Waals surface area contributed by atoms with Gasteiger partial charge < -0.3 is 0 Å². The van der Waals surface area contributed by atoms with Crippen molar-refractivity contribution in [1.29, 1.82) is 0 Å². The maximum Gasteiger partial charge on any atom is 0.222 e. The fourth-order valence-corrected chi connectivity index (χ4v) is 2.39. The molecule has 0 aliphatic heterocycles. The Morgan fingerprint density at radius 1 is 1.67 bits per heavy atom. The van der Waals surface area contributed by atoms with Crippen molar-refractivity contribution in [3.8, 4) is 0 Å². The molecule has 1 heterocycles. The Hall–Kier alpha value is 0.0200. The fraction of sp³-hybridized carbons (Fsp3) is 0.400. The highest BCUT2D eigenvalue weighted by atomic mass is 32.1. The molecule has 0 atom stereocenters. The fourth-order valence-electron chi connectivity index (χ4n) is 0.488. The highest BCUT2D eigenvalue weighted by molar-refractivity contribution is 7.76. The maximum atomic E-state index is 9.43.